The van der Waals surface area contributed by atoms with Gasteiger partial charge in [0, 0.05) is 31.1 Å². The first kappa shape index (κ1) is 12.7. The highest BCUT2D eigenvalue weighted by Gasteiger charge is 2.12. The third-order valence-corrected chi connectivity index (χ3v) is 2.51. The Kier molecular flexibility index (Phi) is 4.96. The SMILES string of the molecule is C/C=C\C1=C(N(C)CCC)N=CCN=C1C. The summed E-state index contributed by atoms with van der Waals surface area (Å²) in [6, 6.07) is 0. The van der Waals surface area contributed by atoms with E-state index in [2.05, 4.69) is 34.9 Å². The van der Waals surface area contributed by atoms with Crippen molar-refractivity contribution in [2.75, 3.05) is 20.1 Å². The van der Waals surface area contributed by atoms with Crippen molar-refractivity contribution in [3.05, 3.63) is 23.5 Å². The van der Waals surface area contributed by atoms with Crippen LogP contribution in [0.3, 0.4) is 0 Å². The molecular weight excluding hydrogens is 198 g/mol. The van der Waals surface area contributed by atoms with Crippen molar-refractivity contribution < 1.29 is 0 Å². The van der Waals surface area contributed by atoms with Crippen LogP contribution in [-0.4, -0.2) is 37.0 Å². The van der Waals surface area contributed by atoms with Gasteiger partial charge < -0.3 is 4.90 Å². The summed E-state index contributed by atoms with van der Waals surface area (Å²) in [6.45, 7) is 7.93. The predicted molar refractivity (Wildman–Crippen MR) is 71.2 cm³/mol. The summed E-state index contributed by atoms with van der Waals surface area (Å²) >= 11 is 0. The van der Waals surface area contributed by atoms with Gasteiger partial charge in [0.05, 0.1) is 6.54 Å². The van der Waals surface area contributed by atoms with Crippen LogP contribution in [0.4, 0.5) is 0 Å². The van der Waals surface area contributed by atoms with Crippen molar-refractivity contribution in [3.8, 4) is 0 Å². The molecule has 0 saturated heterocycles. The molecule has 0 bridgehead atoms. The molecule has 3 heteroatoms. The minimum absolute atomic E-state index is 0.677. The maximum absolute atomic E-state index is 4.51. The minimum atomic E-state index is 0.677. The van der Waals surface area contributed by atoms with Crippen LogP contribution in [0.25, 0.3) is 0 Å². The Bertz CT molecular complexity index is 348. The van der Waals surface area contributed by atoms with Gasteiger partial charge in [-0.05, 0) is 20.3 Å². The van der Waals surface area contributed by atoms with Crippen molar-refractivity contribution in [3.63, 3.8) is 0 Å². The summed E-state index contributed by atoms with van der Waals surface area (Å²) in [5.74, 6) is 1.03. The lowest BCUT2D eigenvalue weighted by molar-refractivity contribution is 0.412. The molecule has 1 aliphatic heterocycles. The van der Waals surface area contributed by atoms with Crippen molar-refractivity contribution in [2.45, 2.75) is 27.2 Å². The van der Waals surface area contributed by atoms with Gasteiger partial charge in [0.25, 0.3) is 0 Å². The highest BCUT2D eigenvalue weighted by Crippen LogP contribution is 2.16. The standard InChI is InChI=1S/C13H21N3/c1-5-7-12-11(3)14-8-9-15-13(12)16(4)10-6-2/h5,7,9H,6,8,10H2,1-4H3/b7-5-. The van der Waals surface area contributed by atoms with E-state index in [-0.39, 0.29) is 0 Å². The van der Waals surface area contributed by atoms with Gasteiger partial charge in [0.2, 0.25) is 0 Å². The molecule has 0 aliphatic carbocycles. The third kappa shape index (κ3) is 3.05. The molecule has 3 nitrogen and oxygen atoms in total. The van der Waals surface area contributed by atoms with Crippen LogP contribution in [0.5, 0.6) is 0 Å². The van der Waals surface area contributed by atoms with Crippen LogP contribution in [-0.2, 0) is 0 Å². The van der Waals surface area contributed by atoms with Crippen LogP contribution in [0.1, 0.15) is 27.2 Å². The molecule has 16 heavy (non-hydrogen) atoms. The van der Waals surface area contributed by atoms with E-state index in [1.54, 1.807) is 0 Å². The second-order valence-corrected chi connectivity index (χ2v) is 3.90. The molecule has 0 fully saturated rings. The fraction of sp³-hybridized carbons (Fsp3) is 0.538. The van der Waals surface area contributed by atoms with Crippen molar-refractivity contribution in [1.82, 2.24) is 4.90 Å². The lowest BCUT2D eigenvalue weighted by Gasteiger charge is -2.20. The Hall–Kier alpha value is -1.38. The number of aliphatic imine (C=N–C) groups is 2. The summed E-state index contributed by atoms with van der Waals surface area (Å²) in [4.78, 5) is 11.1. The monoisotopic (exact) mass is 219 g/mol. The van der Waals surface area contributed by atoms with E-state index >= 15 is 0 Å². The predicted octanol–water partition coefficient (Wildman–Crippen LogP) is 2.66. The normalized spacial score (nSPS) is 16.6. The summed E-state index contributed by atoms with van der Waals surface area (Å²) in [7, 11) is 2.08. The summed E-state index contributed by atoms with van der Waals surface area (Å²) in [5.41, 5.74) is 2.20. The van der Waals surface area contributed by atoms with Gasteiger partial charge in [0.1, 0.15) is 5.82 Å². The first-order valence-electron chi connectivity index (χ1n) is 5.82. The molecule has 1 aliphatic rings. The molecule has 0 aromatic heterocycles. The fourth-order valence-electron chi connectivity index (χ4n) is 1.73. The second kappa shape index (κ2) is 6.26. The molecule has 0 aromatic rings. The largest absolute Gasteiger partial charge is 0.359 e. The van der Waals surface area contributed by atoms with Crippen LogP contribution in [0, 0.1) is 0 Å². The average molecular weight is 219 g/mol. The Morgan fingerprint density at radius 2 is 2.25 bits per heavy atom. The van der Waals surface area contributed by atoms with E-state index in [9.17, 15) is 0 Å². The molecule has 1 rings (SSSR count). The molecule has 0 aromatic carbocycles. The number of hydrogen-bond donors (Lipinski definition) is 0. The van der Waals surface area contributed by atoms with E-state index in [4.69, 9.17) is 0 Å². The number of allylic oxidation sites excluding steroid dienone is 3. The van der Waals surface area contributed by atoms with Gasteiger partial charge in [-0.3, -0.25) is 4.99 Å². The second-order valence-electron chi connectivity index (χ2n) is 3.90. The van der Waals surface area contributed by atoms with Crippen LogP contribution in [0.15, 0.2) is 33.5 Å². The zero-order valence-corrected chi connectivity index (χ0v) is 10.7. The lowest BCUT2D eigenvalue weighted by atomic mass is 10.1. The molecular formula is C13H21N3. The highest BCUT2D eigenvalue weighted by molar-refractivity contribution is 6.02. The van der Waals surface area contributed by atoms with Gasteiger partial charge in [-0.15, -0.1) is 0 Å². The molecule has 1 heterocycles. The van der Waals surface area contributed by atoms with Gasteiger partial charge in [-0.2, -0.15) is 0 Å². The third-order valence-electron chi connectivity index (χ3n) is 2.51. The zero-order chi connectivity index (χ0) is 12.0. The van der Waals surface area contributed by atoms with Gasteiger partial charge in [-0.1, -0.05) is 19.1 Å². The number of hydrogen-bond acceptors (Lipinski definition) is 3. The van der Waals surface area contributed by atoms with E-state index in [0.29, 0.717) is 6.54 Å². The van der Waals surface area contributed by atoms with Crippen LogP contribution in [0.2, 0.25) is 0 Å². The lowest BCUT2D eigenvalue weighted by Crippen LogP contribution is -2.20. The zero-order valence-electron chi connectivity index (χ0n) is 10.7. The Morgan fingerprint density at radius 3 is 2.88 bits per heavy atom. The first-order chi connectivity index (χ1) is 7.70. The Balaban J connectivity index is 3.12. The maximum atomic E-state index is 4.51. The minimum Gasteiger partial charge on any atom is -0.359 e. The number of rotatable bonds is 4. The molecule has 88 valence electrons. The van der Waals surface area contributed by atoms with E-state index in [1.807, 2.05) is 26.1 Å². The summed E-state index contributed by atoms with van der Waals surface area (Å²) < 4.78 is 0. The molecule has 0 radical (unpaired) electrons. The van der Waals surface area contributed by atoms with Gasteiger partial charge in [-0.25, -0.2) is 4.99 Å². The highest BCUT2D eigenvalue weighted by atomic mass is 15.2. The van der Waals surface area contributed by atoms with Gasteiger partial charge >= 0.3 is 0 Å². The van der Waals surface area contributed by atoms with E-state index < -0.39 is 0 Å². The quantitative estimate of drug-likeness (QED) is 0.714. The number of nitrogens with zero attached hydrogens (tertiary/aromatic N) is 3. The average Bonchev–Trinajstić information content (AvgIpc) is 2.43. The van der Waals surface area contributed by atoms with Crippen molar-refractivity contribution >= 4 is 11.9 Å². The molecule has 0 atom stereocenters. The first-order valence-corrected chi connectivity index (χ1v) is 5.82. The van der Waals surface area contributed by atoms with Crippen molar-refractivity contribution in [1.29, 1.82) is 0 Å². The molecule has 0 amide bonds. The topological polar surface area (TPSA) is 28.0 Å². The van der Waals surface area contributed by atoms with Crippen LogP contribution >= 0.6 is 0 Å². The molecule has 0 spiro atoms. The fourth-order valence-corrected chi connectivity index (χ4v) is 1.73. The molecule has 0 N–H and O–H groups in total. The summed E-state index contributed by atoms with van der Waals surface area (Å²) in [6.07, 6.45) is 7.12. The molecule has 0 saturated carbocycles. The van der Waals surface area contributed by atoms with E-state index in [0.717, 1.165) is 30.1 Å². The van der Waals surface area contributed by atoms with Crippen LogP contribution < -0.4 is 0 Å². The summed E-state index contributed by atoms with van der Waals surface area (Å²) in [5, 5.41) is 0. The maximum Gasteiger partial charge on any atom is 0.137 e. The van der Waals surface area contributed by atoms with Gasteiger partial charge in [0.15, 0.2) is 0 Å². The molecule has 0 unspecified atom stereocenters. The van der Waals surface area contributed by atoms with Crippen molar-refractivity contribution in [2.24, 2.45) is 9.98 Å². The Labute approximate surface area is 98.3 Å². The Morgan fingerprint density at radius 1 is 1.50 bits per heavy atom. The van der Waals surface area contributed by atoms with E-state index in [1.165, 1.54) is 0 Å². The smallest absolute Gasteiger partial charge is 0.137 e.